The number of hydrogen-bond acceptors (Lipinski definition) is 5. The number of anilines is 1. The van der Waals surface area contributed by atoms with E-state index < -0.39 is 0 Å². The van der Waals surface area contributed by atoms with Crippen molar-refractivity contribution in [2.45, 2.75) is 31.6 Å². The van der Waals surface area contributed by atoms with Crippen LogP contribution in [0, 0.1) is 6.92 Å². The lowest BCUT2D eigenvalue weighted by molar-refractivity contribution is -0.116. The normalized spacial score (nSPS) is 20.8. The van der Waals surface area contributed by atoms with E-state index in [1.807, 2.05) is 43.3 Å². The Morgan fingerprint density at radius 2 is 2.00 bits per heavy atom. The Labute approximate surface area is 173 Å². The zero-order valence-corrected chi connectivity index (χ0v) is 16.5. The number of aryl methyl sites for hydroxylation is 1. The van der Waals surface area contributed by atoms with Crippen LogP contribution in [0.5, 0.6) is 5.75 Å². The lowest BCUT2D eigenvalue weighted by Crippen LogP contribution is -2.29. The van der Waals surface area contributed by atoms with Crippen LogP contribution < -0.4 is 5.32 Å². The Hall–Kier alpha value is -3.05. The molecular formula is C23H19ClN2O3. The number of phenols is 1. The van der Waals surface area contributed by atoms with Crippen molar-refractivity contribution in [1.29, 1.82) is 0 Å². The summed E-state index contributed by atoms with van der Waals surface area (Å²) in [5.41, 5.74) is 4.90. The first-order valence-electron chi connectivity index (χ1n) is 9.55. The van der Waals surface area contributed by atoms with Crippen LogP contribution in [0.15, 0.2) is 64.3 Å². The molecule has 146 valence electrons. The molecule has 0 bridgehead atoms. The van der Waals surface area contributed by atoms with E-state index in [1.165, 1.54) is 0 Å². The molecule has 0 unspecified atom stereocenters. The van der Waals surface area contributed by atoms with Gasteiger partial charge in [0.25, 0.3) is 0 Å². The zero-order valence-electron chi connectivity index (χ0n) is 15.8. The number of phenolic OH excluding ortho intramolecular Hbond substituents is 1. The van der Waals surface area contributed by atoms with E-state index in [2.05, 4.69) is 10.5 Å². The number of nitrogens with zero attached hydrogens (tertiary/aromatic N) is 1. The first-order valence-corrected chi connectivity index (χ1v) is 9.93. The highest BCUT2D eigenvalue weighted by atomic mass is 35.5. The number of nitrogens with one attached hydrogen (secondary N) is 1. The lowest BCUT2D eigenvalue weighted by atomic mass is 9.72. The molecule has 0 amide bonds. The van der Waals surface area contributed by atoms with Gasteiger partial charge >= 0.3 is 0 Å². The Balaban J connectivity index is 1.64. The second-order valence-electron chi connectivity index (χ2n) is 7.60. The van der Waals surface area contributed by atoms with Crippen LogP contribution in [-0.2, 0) is 4.79 Å². The number of aromatic hydroxyl groups is 1. The molecule has 5 nitrogen and oxygen atoms in total. The molecule has 1 aliphatic heterocycles. The first kappa shape index (κ1) is 18.0. The number of aromatic nitrogens is 1. The highest BCUT2D eigenvalue weighted by Gasteiger charge is 2.41. The highest BCUT2D eigenvalue weighted by molar-refractivity contribution is 6.30. The standard InChI is InChI=1S/C23H19ClN2O3/c1-12-20-21(13-5-4-6-15(24)9-13)22-17(25-23(20)29-26-12)10-14(11-19(22)28)16-7-2-3-8-18(16)27/h2-9,14,21,25,27H,10-11H2,1H3/t14-,21-/m1/s1. The number of carbonyl (C=O) groups excluding carboxylic acids is 1. The summed E-state index contributed by atoms with van der Waals surface area (Å²) in [6, 6.07) is 14.8. The SMILES string of the molecule is Cc1noc2c1[C@@H](c1cccc(Cl)c1)C1=C(C[C@@H](c3ccccc3O)CC1=O)N2. The van der Waals surface area contributed by atoms with E-state index in [9.17, 15) is 9.90 Å². The molecule has 2 N–H and O–H groups in total. The van der Waals surface area contributed by atoms with Gasteiger partial charge in [-0.1, -0.05) is 47.1 Å². The van der Waals surface area contributed by atoms with Crippen LogP contribution in [0.25, 0.3) is 0 Å². The maximum absolute atomic E-state index is 13.4. The molecule has 0 spiro atoms. The second kappa shape index (κ2) is 6.78. The van der Waals surface area contributed by atoms with Gasteiger partial charge in [-0.15, -0.1) is 0 Å². The van der Waals surface area contributed by atoms with Crippen LogP contribution in [0.4, 0.5) is 5.88 Å². The Morgan fingerprint density at radius 1 is 1.17 bits per heavy atom. The summed E-state index contributed by atoms with van der Waals surface area (Å²) < 4.78 is 5.53. The number of hydrogen-bond donors (Lipinski definition) is 2. The summed E-state index contributed by atoms with van der Waals surface area (Å²) in [4.78, 5) is 13.4. The van der Waals surface area contributed by atoms with E-state index in [4.69, 9.17) is 16.1 Å². The lowest BCUT2D eigenvalue weighted by Gasteiger charge is -2.34. The molecule has 0 radical (unpaired) electrons. The predicted molar refractivity (Wildman–Crippen MR) is 110 cm³/mol. The van der Waals surface area contributed by atoms with E-state index in [-0.39, 0.29) is 23.4 Å². The van der Waals surface area contributed by atoms with Crippen molar-refractivity contribution in [3.05, 3.63) is 87.2 Å². The third-order valence-corrected chi connectivity index (χ3v) is 6.05. The van der Waals surface area contributed by atoms with Crippen LogP contribution in [0.2, 0.25) is 5.02 Å². The highest BCUT2D eigenvalue weighted by Crippen LogP contribution is 2.49. The number of fused-ring (bicyclic) bond motifs is 1. The van der Waals surface area contributed by atoms with Gasteiger partial charge in [-0.25, -0.2) is 0 Å². The topological polar surface area (TPSA) is 75.4 Å². The smallest absolute Gasteiger partial charge is 0.233 e. The number of para-hydroxylation sites is 1. The van der Waals surface area contributed by atoms with Crippen molar-refractivity contribution >= 4 is 23.3 Å². The van der Waals surface area contributed by atoms with E-state index in [1.54, 1.807) is 12.1 Å². The molecule has 3 aromatic rings. The third-order valence-electron chi connectivity index (χ3n) is 5.82. The molecule has 2 heterocycles. The molecule has 1 aromatic heterocycles. The van der Waals surface area contributed by atoms with E-state index >= 15 is 0 Å². The van der Waals surface area contributed by atoms with Crippen molar-refractivity contribution in [1.82, 2.24) is 5.16 Å². The monoisotopic (exact) mass is 406 g/mol. The number of halogens is 1. The van der Waals surface area contributed by atoms with Crippen molar-refractivity contribution in [3.63, 3.8) is 0 Å². The van der Waals surface area contributed by atoms with Crippen LogP contribution in [0.1, 0.15) is 47.1 Å². The average molecular weight is 407 g/mol. The molecule has 29 heavy (non-hydrogen) atoms. The maximum Gasteiger partial charge on any atom is 0.233 e. The van der Waals surface area contributed by atoms with Crippen molar-refractivity contribution in [2.24, 2.45) is 0 Å². The van der Waals surface area contributed by atoms with Gasteiger partial charge < -0.3 is 14.9 Å². The summed E-state index contributed by atoms with van der Waals surface area (Å²) >= 11 is 6.25. The molecule has 2 aromatic carbocycles. The van der Waals surface area contributed by atoms with Crippen molar-refractivity contribution in [3.8, 4) is 5.75 Å². The number of benzene rings is 2. The minimum atomic E-state index is -0.274. The summed E-state index contributed by atoms with van der Waals surface area (Å²) in [6.45, 7) is 1.88. The van der Waals surface area contributed by atoms with Gasteiger partial charge in [0.05, 0.1) is 11.3 Å². The molecule has 0 saturated heterocycles. The summed E-state index contributed by atoms with van der Waals surface area (Å²) in [7, 11) is 0. The fourth-order valence-electron chi connectivity index (χ4n) is 4.54. The number of allylic oxidation sites excluding steroid dienone is 2. The fraction of sp³-hybridized carbons (Fsp3) is 0.217. The van der Waals surface area contributed by atoms with Gasteiger partial charge in [-0.05, 0) is 42.7 Å². The number of rotatable bonds is 2. The van der Waals surface area contributed by atoms with Crippen molar-refractivity contribution < 1.29 is 14.4 Å². The third kappa shape index (κ3) is 2.93. The summed E-state index contributed by atoms with van der Waals surface area (Å²) in [6.07, 6.45) is 0.948. The van der Waals surface area contributed by atoms with Crippen LogP contribution in [0.3, 0.4) is 0 Å². The minimum absolute atomic E-state index is 0.0585. The van der Waals surface area contributed by atoms with Crippen LogP contribution in [-0.4, -0.2) is 16.0 Å². The largest absolute Gasteiger partial charge is 0.508 e. The summed E-state index contributed by atoms with van der Waals surface area (Å²) in [5, 5.41) is 18.3. The molecule has 5 rings (SSSR count). The molecule has 2 atom stereocenters. The first-order chi connectivity index (χ1) is 14.0. The van der Waals surface area contributed by atoms with Crippen molar-refractivity contribution in [2.75, 3.05) is 5.32 Å². The molecular weight excluding hydrogens is 388 g/mol. The van der Waals surface area contributed by atoms with E-state index in [0.717, 1.165) is 33.7 Å². The van der Waals surface area contributed by atoms with Gasteiger partial charge in [0.15, 0.2) is 5.78 Å². The quantitative estimate of drug-likeness (QED) is 0.604. The van der Waals surface area contributed by atoms with E-state index in [0.29, 0.717) is 23.7 Å². The second-order valence-corrected chi connectivity index (χ2v) is 8.04. The van der Waals surface area contributed by atoms with Gasteiger partial charge in [0, 0.05) is 34.5 Å². The molecule has 0 saturated carbocycles. The molecule has 0 fully saturated rings. The molecule has 2 aliphatic rings. The van der Waals surface area contributed by atoms with Gasteiger partial charge in [-0.3, -0.25) is 4.79 Å². The fourth-order valence-corrected chi connectivity index (χ4v) is 4.74. The number of carbonyl (C=O) groups is 1. The Kier molecular flexibility index (Phi) is 4.21. The van der Waals surface area contributed by atoms with Gasteiger partial charge in [0.1, 0.15) is 5.75 Å². The van der Waals surface area contributed by atoms with Crippen LogP contribution >= 0.6 is 11.6 Å². The molecule has 1 aliphatic carbocycles. The Morgan fingerprint density at radius 3 is 2.79 bits per heavy atom. The maximum atomic E-state index is 13.4. The summed E-state index contributed by atoms with van der Waals surface area (Å²) in [5.74, 6) is 0.470. The number of Topliss-reactive ketones (excluding diaryl/α,β-unsaturated/α-hetero) is 1. The van der Waals surface area contributed by atoms with Gasteiger partial charge in [-0.2, -0.15) is 0 Å². The predicted octanol–water partition coefficient (Wildman–Crippen LogP) is 5.30. The minimum Gasteiger partial charge on any atom is -0.508 e. The Bertz CT molecular complexity index is 1160. The zero-order chi connectivity index (χ0) is 20.1. The molecule has 6 heteroatoms. The van der Waals surface area contributed by atoms with Gasteiger partial charge in [0.2, 0.25) is 5.88 Å². The average Bonchev–Trinajstić information content (AvgIpc) is 3.07. The number of ketones is 1.